The van der Waals surface area contributed by atoms with Crippen molar-refractivity contribution in [3.8, 4) is 0 Å². The number of ether oxygens (including phenoxy) is 2. The van der Waals surface area contributed by atoms with Crippen LogP contribution in [0.5, 0.6) is 0 Å². The SMILES string of the molecule is CC(CC(=O)N1CCOC1=O)C1C=CC(=O)O1. The van der Waals surface area contributed by atoms with E-state index in [0.29, 0.717) is 6.54 Å². The van der Waals surface area contributed by atoms with Gasteiger partial charge in [0.25, 0.3) is 0 Å². The van der Waals surface area contributed by atoms with Crippen molar-refractivity contribution in [3.05, 3.63) is 12.2 Å². The molecule has 6 heteroatoms. The van der Waals surface area contributed by atoms with E-state index in [1.54, 1.807) is 13.0 Å². The number of imide groups is 1. The van der Waals surface area contributed by atoms with Gasteiger partial charge in [-0.2, -0.15) is 0 Å². The van der Waals surface area contributed by atoms with Crippen LogP contribution < -0.4 is 0 Å². The zero-order chi connectivity index (χ0) is 12.4. The van der Waals surface area contributed by atoms with Crippen LogP contribution in [0.15, 0.2) is 12.2 Å². The fourth-order valence-electron chi connectivity index (χ4n) is 1.81. The molecule has 2 rings (SSSR count). The topological polar surface area (TPSA) is 72.9 Å². The summed E-state index contributed by atoms with van der Waals surface area (Å²) in [6, 6.07) is 0. The summed E-state index contributed by atoms with van der Waals surface area (Å²) in [5.74, 6) is -0.843. The summed E-state index contributed by atoms with van der Waals surface area (Å²) >= 11 is 0. The standard InChI is InChI=1S/C11H13NO5/c1-7(8-2-3-10(14)17-8)6-9(13)12-4-5-16-11(12)15/h2-3,7-8H,4-6H2,1H3. The van der Waals surface area contributed by atoms with E-state index in [4.69, 9.17) is 4.74 Å². The highest BCUT2D eigenvalue weighted by atomic mass is 16.6. The molecule has 0 aromatic heterocycles. The Balaban J connectivity index is 1.88. The Morgan fingerprint density at radius 3 is 2.88 bits per heavy atom. The summed E-state index contributed by atoms with van der Waals surface area (Å²) in [7, 11) is 0. The molecule has 0 radical (unpaired) electrons. The molecule has 0 aromatic rings. The molecule has 0 spiro atoms. The van der Waals surface area contributed by atoms with Crippen molar-refractivity contribution in [1.82, 2.24) is 4.90 Å². The fraction of sp³-hybridized carbons (Fsp3) is 0.545. The van der Waals surface area contributed by atoms with E-state index in [2.05, 4.69) is 4.74 Å². The van der Waals surface area contributed by atoms with Crippen molar-refractivity contribution >= 4 is 18.0 Å². The molecule has 2 aliphatic heterocycles. The maximum atomic E-state index is 11.8. The molecule has 0 bridgehead atoms. The molecule has 2 heterocycles. The third kappa shape index (κ3) is 2.46. The predicted molar refractivity (Wildman–Crippen MR) is 55.9 cm³/mol. The van der Waals surface area contributed by atoms with Crippen LogP contribution in [-0.4, -0.2) is 42.1 Å². The molecular weight excluding hydrogens is 226 g/mol. The molecule has 0 aromatic carbocycles. The predicted octanol–water partition coefficient (Wildman–Crippen LogP) is 0.473. The molecule has 6 nitrogen and oxygen atoms in total. The van der Waals surface area contributed by atoms with Crippen LogP contribution in [0.1, 0.15) is 13.3 Å². The third-order valence-electron chi connectivity index (χ3n) is 2.79. The number of hydrogen-bond acceptors (Lipinski definition) is 5. The van der Waals surface area contributed by atoms with E-state index < -0.39 is 12.1 Å². The van der Waals surface area contributed by atoms with Crippen molar-refractivity contribution in [2.45, 2.75) is 19.4 Å². The average Bonchev–Trinajstić information content (AvgIpc) is 2.86. The van der Waals surface area contributed by atoms with Gasteiger partial charge in [-0.05, 0) is 6.08 Å². The minimum absolute atomic E-state index is 0.150. The lowest BCUT2D eigenvalue weighted by Crippen LogP contribution is -2.34. The van der Waals surface area contributed by atoms with Crippen LogP contribution in [0.3, 0.4) is 0 Å². The van der Waals surface area contributed by atoms with E-state index in [9.17, 15) is 14.4 Å². The van der Waals surface area contributed by atoms with Crippen molar-refractivity contribution in [2.75, 3.05) is 13.2 Å². The second-order valence-corrected chi connectivity index (χ2v) is 4.10. The molecule has 92 valence electrons. The van der Waals surface area contributed by atoms with Crippen molar-refractivity contribution in [1.29, 1.82) is 0 Å². The van der Waals surface area contributed by atoms with Crippen LogP contribution in [-0.2, 0) is 19.1 Å². The van der Waals surface area contributed by atoms with Gasteiger partial charge in [0.15, 0.2) is 0 Å². The van der Waals surface area contributed by atoms with E-state index in [-0.39, 0.29) is 31.0 Å². The molecule has 2 unspecified atom stereocenters. The lowest BCUT2D eigenvalue weighted by atomic mass is 10.0. The van der Waals surface area contributed by atoms with Gasteiger partial charge in [-0.25, -0.2) is 14.5 Å². The smallest absolute Gasteiger partial charge is 0.416 e. The fourth-order valence-corrected chi connectivity index (χ4v) is 1.81. The lowest BCUT2D eigenvalue weighted by molar-refractivity contribution is -0.142. The Bertz CT molecular complexity index is 389. The molecule has 17 heavy (non-hydrogen) atoms. The van der Waals surface area contributed by atoms with Crippen LogP contribution in [0.4, 0.5) is 4.79 Å². The number of nitrogens with zero attached hydrogens (tertiary/aromatic N) is 1. The first kappa shape index (κ1) is 11.6. The Kier molecular flexibility index (Phi) is 3.12. The first-order valence-electron chi connectivity index (χ1n) is 5.44. The van der Waals surface area contributed by atoms with Crippen LogP contribution in [0.25, 0.3) is 0 Å². The minimum Gasteiger partial charge on any atom is -0.455 e. The highest BCUT2D eigenvalue weighted by Crippen LogP contribution is 2.20. The van der Waals surface area contributed by atoms with Gasteiger partial charge in [0.2, 0.25) is 5.91 Å². The monoisotopic (exact) mass is 239 g/mol. The maximum Gasteiger partial charge on any atom is 0.416 e. The molecular formula is C11H13NO5. The molecule has 2 atom stereocenters. The quantitative estimate of drug-likeness (QED) is 0.669. The summed E-state index contributed by atoms with van der Waals surface area (Å²) in [5.41, 5.74) is 0. The molecule has 0 aliphatic carbocycles. The zero-order valence-corrected chi connectivity index (χ0v) is 9.42. The molecule has 2 amide bonds. The maximum absolute atomic E-state index is 11.8. The van der Waals surface area contributed by atoms with E-state index in [1.807, 2.05) is 0 Å². The molecule has 2 aliphatic rings. The number of rotatable bonds is 3. The summed E-state index contributed by atoms with van der Waals surface area (Å²) in [6.07, 6.45) is 2.14. The largest absolute Gasteiger partial charge is 0.455 e. The molecule has 1 saturated heterocycles. The summed E-state index contributed by atoms with van der Waals surface area (Å²) < 4.78 is 9.65. The van der Waals surface area contributed by atoms with Gasteiger partial charge in [0, 0.05) is 18.4 Å². The Hall–Kier alpha value is -1.85. The van der Waals surface area contributed by atoms with E-state index in [0.717, 1.165) is 4.90 Å². The van der Waals surface area contributed by atoms with Gasteiger partial charge in [0.05, 0.1) is 6.54 Å². The van der Waals surface area contributed by atoms with Gasteiger partial charge in [0.1, 0.15) is 12.7 Å². The second kappa shape index (κ2) is 4.57. The lowest BCUT2D eigenvalue weighted by Gasteiger charge is -2.18. The number of carbonyl (C=O) groups excluding carboxylic acids is 3. The van der Waals surface area contributed by atoms with Crippen LogP contribution >= 0.6 is 0 Å². The normalized spacial score (nSPS) is 24.8. The Labute approximate surface area is 98.2 Å². The molecule has 0 N–H and O–H groups in total. The van der Waals surface area contributed by atoms with Gasteiger partial charge in [-0.1, -0.05) is 6.92 Å². The van der Waals surface area contributed by atoms with Gasteiger partial charge in [-0.3, -0.25) is 4.79 Å². The highest BCUT2D eigenvalue weighted by molar-refractivity contribution is 5.93. The molecule has 1 fully saturated rings. The number of hydrogen-bond donors (Lipinski definition) is 0. The van der Waals surface area contributed by atoms with Gasteiger partial charge < -0.3 is 9.47 Å². The Morgan fingerprint density at radius 1 is 1.59 bits per heavy atom. The minimum atomic E-state index is -0.596. The van der Waals surface area contributed by atoms with E-state index >= 15 is 0 Å². The summed E-state index contributed by atoms with van der Waals surface area (Å²) in [4.78, 5) is 34.9. The van der Waals surface area contributed by atoms with Crippen LogP contribution in [0.2, 0.25) is 0 Å². The van der Waals surface area contributed by atoms with Gasteiger partial charge in [-0.15, -0.1) is 0 Å². The summed E-state index contributed by atoms with van der Waals surface area (Å²) in [5, 5.41) is 0. The third-order valence-corrected chi connectivity index (χ3v) is 2.79. The zero-order valence-electron chi connectivity index (χ0n) is 9.42. The Morgan fingerprint density at radius 2 is 2.35 bits per heavy atom. The first-order valence-corrected chi connectivity index (χ1v) is 5.44. The van der Waals surface area contributed by atoms with Gasteiger partial charge >= 0.3 is 12.1 Å². The van der Waals surface area contributed by atoms with Crippen molar-refractivity contribution in [2.24, 2.45) is 5.92 Å². The highest BCUT2D eigenvalue weighted by Gasteiger charge is 2.32. The average molecular weight is 239 g/mol. The van der Waals surface area contributed by atoms with Crippen molar-refractivity contribution in [3.63, 3.8) is 0 Å². The molecule has 0 saturated carbocycles. The summed E-state index contributed by atoms with van der Waals surface area (Å²) in [6.45, 7) is 2.34. The number of amides is 2. The number of esters is 1. The second-order valence-electron chi connectivity index (χ2n) is 4.10. The van der Waals surface area contributed by atoms with E-state index in [1.165, 1.54) is 6.08 Å². The number of carbonyl (C=O) groups is 3. The van der Waals surface area contributed by atoms with Crippen molar-refractivity contribution < 1.29 is 23.9 Å². The number of cyclic esters (lactones) is 2. The first-order chi connectivity index (χ1) is 8.08. The van der Waals surface area contributed by atoms with Crippen LogP contribution in [0, 0.1) is 5.92 Å².